The highest BCUT2D eigenvalue weighted by Crippen LogP contribution is 2.67. The molecule has 3 nitrogen and oxygen atoms in total. The minimum atomic E-state index is -0.534. The molecular formula is C59H37N3. The van der Waals surface area contributed by atoms with Gasteiger partial charge in [-0.2, -0.15) is 0 Å². The lowest BCUT2D eigenvalue weighted by Gasteiger charge is -2.48. The number of hydrogen-bond acceptors (Lipinski definition) is 3. The van der Waals surface area contributed by atoms with Crippen LogP contribution in [0.3, 0.4) is 0 Å². The largest absolute Gasteiger partial charge is 0.255 e. The quantitative estimate of drug-likeness (QED) is 0.178. The van der Waals surface area contributed by atoms with Crippen LogP contribution >= 0.6 is 0 Å². The molecule has 3 aliphatic carbocycles. The molecule has 13 rings (SSSR count). The van der Waals surface area contributed by atoms with E-state index in [1.54, 1.807) is 0 Å². The van der Waals surface area contributed by atoms with Crippen LogP contribution in [0, 0.1) is 0 Å². The highest BCUT2D eigenvalue weighted by molar-refractivity contribution is 5.94. The smallest absolute Gasteiger partial charge is 0.0900 e. The van der Waals surface area contributed by atoms with Crippen LogP contribution in [0.5, 0.6) is 0 Å². The number of benzene rings is 7. The van der Waals surface area contributed by atoms with Gasteiger partial charge in [0, 0.05) is 12.4 Å². The van der Waals surface area contributed by atoms with Crippen LogP contribution in [-0.2, 0) is 10.8 Å². The topological polar surface area (TPSA) is 38.7 Å². The second-order valence-corrected chi connectivity index (χ2v) is 16.6. The van der Waals surface area contributed by atoms with Gasteiger partial charge in [0.15, 0.2) is 0 Å². The molecule has 10 aromatic rings. The summed E-state index contributed by atoms with van der Waals surface area (Å²) in [5.74, 6) is 0. The summed E-state index contributed by atoms with van der Waals surface area (Å²) in [6.45, 7) is 0. The first-order valence-electron chi connectivity index (χ1n) is 21.3. The van der Waals surface area contributed by atoms with E-state index in [1.165, 1.54) is 77.9 Å². The summed E-state index contributed by atoms with van der Waals surface area (Å²) in [6.07, 6.45) is 3.63. The molecule has 0 N–H and O–H groups in total. The third-order valence-corrected chi connectivity index (χ3v) is 13.7. The van der Waals surface area contributed by atoms with Gasteiger partial charge in [0.25, 0.3) is 0 Å². The highest BCUT2D eigenvalue weighted by Gasteiger charge is 2.58. The summed E-state index contributed by atoms with van der Waals surface area (Å²) in [6, 6.07) is 78.2. The molecule has 3 heterocycles. The monoisotopic (exact) mass is 787 g/mol. The van der Waals surface area contributed by atoms with Crippen LogP contribution in [0.15, 0.2) is 225 Å². The van der Waals surface area contributed by atoms with Gasteiger partial charge in [0.05, 0.1) is 33.6 Å². The minimum absolute atomic E-state index is 0.462. The molecule has 0 aliphatic heterocycles. The Labute approximate surface area is 360 Å². The third kappa shape index (κ3) is 4.68. The number of hydrogen-bond donors (Lipinski definition) is 0. The molecule has 0 saturated heterocycles. The van der Waals surface area contributed by atoms with Crippen LogP contribution in [0.25, 0.3) is 67.3 Å². The molecule has 3 aromatic heterocycles. The van der Waals surface area contributed by atoms with E-state index in [4.69, 9.17) is 4.98 Å². The first kappa shape index (κ1) is 34.8. The highest BCUT2D eigenvalue weighted by atomic mass is 14.8. The second kappa shape index (κ2) is 13.2. The van der Waals surface area contributed by atoms with E-state index < -0.39 is 10.8 Å². The summed E-state index contributed by atoms with van der Waals surface area (Å²) in [4.78, 5) is 14.3. The van der Waals surface area contributed by atoms with Crippen molar-refractivity contribution in [1.82, 2.24) is 15.0 Å². The summed E-state index contributed by atoms with van der Waals surface area (Å²) < 4.78 is 0. The van der Waals surface area contributed by atoms with Gasteiger partial charge >= 0.3 is 0 Å². The van der Waals surface area contributed by atoms with Crippen LogP contribution in [0.1, 0.15) is 44.5 Å². The van der Waals surface area contributed by atoms with Gasteiger partial charge in [-0.15, -0.1) is 0 Å². The normalized spacial score (nSPS) is 14.1. The molecule has 0 saturated carbocycles. The van der Waals surface area contributed by atoms with Gasteiger partial charge in [-0.3, -0.25) is 9.97 Å². The van der Waals surface area contributed by atoms with Crippen LogP contribution in [0.4, 0.5) is 0 Å². The van der Waals surface area contributed by atoms with E-state index in [0.29, 0.717) is 0 Å². The van der Waals surface area contributed by atoms with Gasteiger partial charge < -0.3 is 0 Å². The van der Waals surface area contributed by atoms with Crippen LogP contribution < -0.4 is 0 Å². The average molecular weight is 788 g/mol. The van der Waals surface area contributed by atoms with Crippen molar-refractivity contribution in [1.29, 1.82) is 0 Å². The number of rotatable bonds is 4. The Morgan fingerprint density at radius 3 is 1.03 bits per heavy atom. The van der Waals surface area contributed by atoms with Gasteiger partial charge in [-0.05, 0) is 131 Å². The van der Waals surface area contributed by atoms with Crippen molar-refractivity contribution in [2.24, 2.45) is 0 Å². The first-order chi connectivity index (χ1) is 30.7. The lowest BCUT2D eigenvalue weighted by Crippen LogP contribution is -2.43. The van der Waals surface area contributed by atoms with Gasteiger partial charge in [-0.1, -0.05) is 170 Å². The van der Waals surface area contributed by atoms with Gasteiger partial charge in [0.1, 0.15) is 0 Å². The lowest BCUT2D eigenvalue weighted by molar-refractivity contribution is 0.633. The van der Waals surface area contributed by atoms with Crippen molar-refractivity contribution >= 4 is 0 Å². The third-order valence-electron chi connectivity index (χ3n) is 13.7. The molecule has 2 spiro atoms. The van der Waals surface area contributed by atoms with E-state index in [2.05, 4.69) is 186 Å². The Hall–Kier alpha value is -8.01. The predicted molar refractivity (Wildman–Crippen MR) is 250 cm³/mol. The first-order valence-corrected chi connectivity index (χ1v) is 21.3. The maximum atomic E-state index is 5.01. The van der Waals surface area contributed by atoms with Crippen molar-refractivity contribution < 1.29 is 0 Å². The zero-order valence-electron chi connectivity index (χ0n) is 33.7. The second-order valence-electron chi connectivity index (χ2n) is 16.6. The molecule has 0 atom stereocenters. The van der Waals surface area contributed by atoms with E-state index in [0.717, 1.165) is 33.9 Å². The maximum absolute atomic E-state index is 5.01. The van der Waals surface area contributed by atoms with E-state index in [-0.39, 0.29) is 0 Å². The summed E-state index contributed by atoms with van der Waals surface area (Å²) in [5, 5.41) is 0. The molecule has 0 amide bonds. The van der Waals surface area contributed by atoms with Crippen LogP contribution in [0.2, 0.25) is 0 Å². The molecule has 62 heavy (non-hydrogen) atoms. The Morgan fingerprint density at radius 2 is 0.597 bits per heavy atom. The summed E-state index contributed by atoms with van der Waals surface area (Å²) in [7, 11) is 0. The molecule has 288 valence electrons. The number of fused-ring (bicyclic) bond motifs is 16. The maximum Gasteiger partial charge on any atom is 0.0900 e. The molecule has 3 heteroatoms. The zero-order valence-corrected chi connectivity index (χ0v) is 33.7. The predicted octanol–water partition coefficient (Wildman–Crippen LogP) is 13.6. The lowest BCUT2D eigenvalue weighted by atomic mass is 9.52. The molecule has 0 unspecified atom stereocenters. The van der Waals surface area contributed by atoms with Crippen LogP contribution in [-0.4, -0.2) is 15.0 Å². The van der Waals surface area contributed by atoms with Gasteiger partial charge in [-0.25, -0.2) is 4.98 Å². The fourth-order valence-electron chi connectivity index (χ4n) is 11.3. The minimum Gasteiger partial charge on any atom is -0.255 e. The Morgan fingerprint density at radius 1 is 0.242 bits per heavy atom. The van der Waals surface area contributed by atoms with Crippen molar-refractivity contribution in [3.05, 3.63) is 269 Å². The van der Waals surface area contributed by atoms with E-state index in [1.807, 2.05) is 48.8 Å². The average Bonchev–Trinajstić information content (AvgIpc) is 3.82. The number of aromatic nitrogens is 3. The fraction of sp³-hybridized carbons (Fsp3) is 0.0339. The molecule has 7 aromatic carbocycles. The Kier molecular flexibility index (Phi) is 7.44. The van der Waals surface area contributed by atoms with Crippen molar-refractivity contribution in [3.8, 4) is 67.3 Å². The SMILES string of the molecule is c1ccc(-c2cc(-c3ccc(-c4ccc5c(c4)C4(c6ccccc6-5)c5ccccc5C5(c6ccccc6-c6ccccc65)c5ccccc54)cc3)cc(-c3ccccn3)n2)nc1. The summed E-state index contributed by atoms with van der Waals surface area (Å²) in [5.41, 5.74) is 22.8. The Balaban J connectivity index is 1.00. The van der Waals surface area contributed by atoms with Crippen molar-refractivity contribution in [2.75, 3.05) is 0 Å². The van der Waals surface area contributed by atoms with Crippen molar-refractivity contribution in [3.63, 3.8) is 0 Å². The standard InChI is InChI=1S/C59H37N3/c1-4-18-46-42(15-1)43-16-2-5-19-47(43)58(46)49-21-7-9-23-51(49)59(52-24-10-8-22-50(52)58)48-20-6-3-17-44(48)45-32-31-40(35-53(45)59)38-27-29-39(30-28-38)41-36-56(54-25-11-13-33-60-54)62-57(37-41)55-26-12-14-34-61-55/h1-37H. The van der Waals surface area contributed by atoms with Gasteiger partial charge in [0.2, 0.25) is 0 Å². The zero-order chi connectivity index (χ0) is 40.8. The van der Waals surface area contributed by atoms with E-state index in [9.17, 15) is 0 Å². The number of nitrogens with zero attached hydrogens (tertiary/aromatic N) is 3. The molecule has 0 fully saturated rings. The number of pyridine rings is 3. The fourth-order valence-corrected chi connectivity index (χ4v) is 11.3. The van der Waals surface area contributed by atoms with Crippen molar-refractivity contribution in [2.45, 2.75) is 10.8 Å². The van der Waals surface area contributed by atoms with E-state index >= 15 is 0 Å². The molecule has 0 radical (unpaired) electrons. The molecule has 3 aliphatic rings. The summed E-state index contributed by atoms with van der Waals surface area (Å²) >= 11 is 0. The molecular weight excluding hydrogens is 751 g/mol. The Bertz CT molecular complexity index is 3250. The molecule has 0 bridgehead atoms.